The molecule has 148 valence electrons. The molecule has 1 aliphatic rings. The van der Waals surface area contributed by atoms with Gasteiger partial charge in [0.2, 0.25) is 11.8 Å². The number of benzene rings is 2. The van der Waals surface area contributed by atoms with Crippen LogP contribution >= 0.6 is 0 Å². The molecule has 3 aromatic rings. The lowest BCUT2D eigenvalue weighted by atomic mass is 9.99. The van der Waals surface area contributed by atoms with E-state index in [1.807, 2.05) is 30.5 Å². The lowest BCUT2D eigenvalue weighted by Crippen LogP contribution is -2.62. The molecule has 0 bridgehead atoms. The minimum atomic E-state index is -0.722. The fraction of sp³-hybridized carbons (Fsp3) is 0.238. The van der Waals surface area contributed by atoms with Crippen molar-refractivity contribution < 1.29 is 14.5 Å². The summed E-state index contributed by atoms with van der Waals surface area (Å²) in [5, 5.41) is 15.1. The summed E-state index contributed by atoms with van der Waals surface area (Å²) >= 11 is 0. The quantitative estimate of drug-likeness (QED) is 0.514. The maximum Gasteiger partial charge on any atom is 0.274 e. The number of hydrogen-bond acceptors (Lipinski definition) is 4. The van der Waals surface area contributed by atoms with E-state index in [1.54, 1.807) is 25.1 Å². The van der Waals surface area contributed by atoms with Crippen molar-refractivity contribution >= 4 is 28.4 Å². The van der Waals surface area contributed by atoms with Crippen LogP contribution in [0.25, 0.3) is 10.9 Å². The average molecular weight is 392 g/mol. The van der Waals surface area contributed by atoms with Crippen molar-refractivity contribution in [1.29, 1.82) is 0 Å². The Labute approximate surface area is 166 Å². The third-order valence-corrected chi connectivity index (χ3v) is 5.37. The highest BCUT2D eigenvalue weighted by Gasteiger charge is 2.39. The van der Waals surface area contributed by atoms with Gasteiger partial charge >= 0.3 is 0 Å². The number of nitrogens with one attached hydrogen (secondary N) is 2. The van der Waals surface area contributed by atoms with Gasteiger partial charge in [0, 0.05) is 35.2 Å². The van der Waals surface area contributed by atoms with E-state index in [0.29, 0.717) is 12.0 Å². The van der Waals surface area contributed by atoms with Gasteiger partial charge < -0.3 is 15.2 Å². The molecule has 2 aromatic carbocycles. The largest absolute Gasteiger partial charge is 0.361 e. The van der Waals surface area contributed by atoms with Crippen molar-refractivity contribution in [3.8, 4) is 0 Å². The van der Waals surface area contributed by atoms with E-state index in [2.05, 4.69) is 10.3 Å². The monoisotopic (exact) mass is 392 g/mol. The highest BCUT2D eigenvalue weighted by molar-refractivity contribution is 5.97. The first-order valence-electron chi connectivity index (χ1n) is 9.34. The minimum Gasteiger partial charge on any atom is -0.361 e. The number of aromatic amines is 1. The molecule has 1 aromatic heterocycles. The second-order valence-corrected chi connectivity index (χ2v) is 7.15. The predicted molar refractivity (Wildman–Crippen MR) is 107 cm³/mol. The number of aromatic nitrogens is 1. The summed E-state index contributed by atoms with van der Waals surface area (Å²) in [6.45, 7) is 1.64. The van der Waals surface area contributed by atoms with Crippen LogP contribution < -0.4 is 5.32 Å². The number of H-pyrrole nitrogens is 1. The summed E-state index contributed by atoms with van der Waals surface area (Å²) < 4.78 is 0. The average Bonchev–Trinajstić information content (AvgIpc) is 3.12. The molecule has 8 nitrogen and oxygen atoms in total. The molecule has 2 amide bonds. The van der Waals surface area contributed by atoms with Crippen LogP contribution in [0, 0.1) is 10.1 Å². The molecule has 1 fully saturated rings. The van der Waals surface area contributed by atoms with Gasteiger partial charge in [-0.05, 0) is 18.6 Å². The van der Waals surface area contributed by atoms with Gasteiger partial charge in [0.1, 0.15) is 12.1 Å². The van der Waals surface area contributed by atoms with E-state index in [4.69, 9.17) is 0 Å². The van der Waals surface area contributed by atoms with Gasteiger partial charge in [-0.25, -0.2) is 0 Å². The topological polar surface area (TPSA) is 108 Å². The predicted octanol–water partition coefficient (Wildman–Crippen LogP) is 2.53. The normalized spacial score (nSPS) is 19.4. The first-order valence-corrected chi connectivity index (χ1v) is 9.34. The highest BCUT2D eigenvalue weighted by atomic mass is 16.6. The fourth-order valence-corrected chi connectivity index (χ4v) is 3.77. The number of carbonyl (C=O) groups excluding carboxylic acids is 2. The maximum atomic E-state index is 13.2. The van der Waals surface area contributed by atoms with E-state index in [9.17, 15) is 19.7 Å². The van der Waals surface area contributed by atoms with Gasteiger partial charge in [-0.2, -0.15) is 0 Å². The van der Waals surface area contributed by atoms with Crippen LogP contribution in [0.1, 0.15) is 18.1 Å². The van der Waals surface area contributed by atoms with Crippen LogP contribution in [0.15, 0.2) is 54.7 Å². The third-order valence-electron chi connectivity index (χ3n) is 5.37. The van der Waals surface area contributed by atoms with Crippen LogP contribution in [0.2, 0.25) is 0 Å². The molecule has 0 saturated carbocycles. The first-order chi connectivity index (χ1) is 14.0. The number of rotatable bonds is 5. The Morgan fingerprint density at radius 2 is 1.79 bits per heavy atom. The number of nitro benzene ring substituents is 1. The number of para-hydroxylation sites is 2. The van der Waals surface area contributed by atoms with Crippen LogP contribution in [-0.2, 0) is 22.6 Å². The number of carbonyl (C=O) groups is 2. The van der Waals surface area contributed by atoms with Crippen molar-refractivity contribution in [2.75, 3.05) is 0 Å². The zero-order valence-electron chi connectivity index (χ0n) is 15.8. The van der Waals surface area contributed by atoms with Crippen LogP contribution in [0.3, 0.4) is 0 Å². The summed E-state index contributed by atoms with van der Waals surface area (Å²) in [7, 11) is 0. The number of fused-ring (bicyclic) bond motifs is 1. The van der Waals surface area contributed by atoms with Gasteiger partial charge in [-0.3, -0.25) is 19.7 Å². The molecule has 1 aliphatic heterocycles. The smallest absolute Gasteiger partial charge is 0.274 e. The number of nitrogens with zero attached hydrogens (tertiary/aromatic N) is 2. The Bertz CT molecular complexity index is 1110. The van der Waals surface area contributed by atoms with Crippen LogP contribution in [0.4, 0.5) is 5.69 Å². The minimum absolute atomic E-state index is 0.00889. The Morgan fingerprint density at radius 1 is 1.07 bits per heavy atom. The molecule has 1 saturated heterocycles. The standard InChI is InChI=1S/C21H20N4O4/c1-13-20(26)23-18(10-15-11-22-17-8-4-3-7-16(15)17)21(27)24(13)12-14-6-2-5-9-19(14)25(28)29/h2-9,11,13,18,22H,10,12H2,1H3,(H,23,26)/t13-,18-/m0/s1. The van der Waals surface area contributed by atoms with Crippen LogP contribution in [0.5, 0.6) is 0 Å². The lowest BCUT2D eigenvalue weighted by molar-refractivity contribution is -0.385. The van der Waals surface area contributed by atoms with Gasteiger partial charge in [-0.1, -0.05) is 36.4 Å². The van der Waals surface area contributed by atoms with Crippen LogP contribution in [-0.4, -0.2) is 38.7 Å². The SMILES string of the molecule is C[C@H]1C(=O)N[C@@H](Cc2c[nH]c3ccccc23)C(=O)N1Cc1ccccc1[N+](=O)[O-]. The van der Waals surface area contributed by atoms with E-state index in [0.717, 1.165) is 16.5 Å². The van der Waals surface area contributed by atoms with Crippen molar-refractivity contribution in [1.82, 2.24) is 15.2 Å². The molecular weight excluding hydrogens is 372 g/mol. The van der Waals surface area contributed by atoms with E-state index < -0.39 is 17.0 Å². The van der Waals surface area contributed by atoms with E-state index >= 15 is 0 Å². The van der Waals surface area contributed by atoms with Gasteiger partial charge in [0.25, 0.3) is 5.69 Å². The molecule has 2 N–H and O–H groups in total. The van der Waals surface area contributed by atoms with E-state index in [-0.39, 0.29) is 24.0 Å². The summed E-state index contributed by atoms with van der Waals surface area (Å²) in [4.78, 5) is 41.1. The van der Waals surface area contributed by atoms with Crippen molar-refractivity contribution in [3.63, 3.8) is 0 Å². The third kappa shape index (κ3) is 3.44. The Morgan fingerprint density at radius 3 is 2.59 bits per heavy atom. The lowest BCUT2D eigenvalue weighted by Gasteiger charge is -2.37. The summed E-state index contributed by atoms with van der Waals surface area (Å²) in [5.74, 6) is -0.520. The zero-order chi connectivity index (χ0) is 20.5. The molecule has 29 heavy (non-hydrogen) atoms. The summed E-state index contributed by atoms with van der Waals surface area (Å²) in [6, 6.07) is 12.6. The number of piperazine rings is 1. The first kappa shape index (κ1) is 18.7. The maximum absolute atomic E-state index is 13.2. The Balaban J connectivity index is 1.61. The van der Waals surface area contributed by atoms with Gasteiger partial charge in [0.15, 0.2) is 0 Å². The van der Waals surface area contributed by atoms with E-state index in [1.165, 1.54) is 11.0 Å². The molecule has 2 heterocycles. The Kier molecular flexibility index (Phi) is 4.75. The summed E-state index contributed by atoms with van der Waals surface area (Å²) in [5.41, 5.74) is 2.23. The molecule has 8 heteroatoms. The zero-order valence-corrected chi connectivity index (χ0v) is 15.8. The molecule has 0 spiro atoms. The van der Waals surface area contributed by atoms with Gasteiger partial charge in [0.05, 0.1) is 11.5 Å². The number of hydrogen-bond donors (Lipinski definition) is 2. The number of amides is 2. The summed E-state index contributed by atoms with van der Waals surface area (Å²) in [6.07, 6.45) is 2.18. The highest BCUT2D eigenvalue weighted by Crippen LogP contribution is 2.25. The molecule has 2 atom stereocenters. The Hall–Kier alpha value is -3.68. The molecule has 4 rings (SSSR count). The fourth-order valence-electron chi connectivity index (χ4n) is 3.77. The second kappa shape index (κ2) is 7.38. The number of nitro groups is 1. The molecule has 0 aliphatic carbocycles. The van der Waals surface area contributed by atoms with Crippen molar-refractivity contribution in [3.05, 3.63) is 76.0 Å². The van der Waals surface area contributed by atoms with Crippen molar-refractivity contribution in [2.24, 2.45) is 0 Å². The molecule has 0 unspecified atom stereocenters. The van der Waals surface area contributed by atoms with Gasteiger partial charge in [-0.15, -0.1) is 0 Å². The van der Waals surface area contributed by atoms with Crippen molar-refractivity contribution in [2.45, 2.75) is 32.0 Å². The molecular formula is C21H20N4O4. The molecule has 0 radical (unpaired) electrons. The second-order valence-electron chi connectivity index (χ2n) is 7.15.